The minimum Gasteiger partial charge on any atom is -0.316 e. The van der Waals surface area contributed by atoms with E-state index in [0.29, 0.717) is 11.3 Å². The maximum absolute atomic E-state index is 13.3. The van der Waals surface area contributed by atoms with Gasteiger partial charge in [0.15, 0.2) is 0 Å². The van der Waals surface area contributed by atoms with Gasteiger partial charge in [0.05, 0.1) is 22.5 Å². The van der Waals surface area contributed by atoms with E-state index < -0.39 is 0 Å². The molecular formula is C24H24N4O2. The summed E-state index contributed by atoms with van der Waals surface area (Å²) in [6.07, 6.45) is 0. The highest BCUT2D eigenvalue weighted by atomic mass is 16.2. The monoisotopic (exact) mass is 400 g/mol. The van der Waals surface area contributed by atoms with Crippen LogP contribution in [-0.4, -0.2) is 20.3 Å². The molecule has 1 N–H and O–H groups in total. The van der Waals surface area contributed by atoms with Crippen LogP contribution in [0.5, 0.6) is 0 Å². The van der Waals surface area contributed by atoms with Crippen LogP contribution in [0.4, 0.5) is 5.69 Å². The number of aromatic nitrogens is 3. The molecule has 30 heavy (non-hydrogen) atoms. The highest BCUT2D eigenvalue weighted by Crippen LogP contribution is 2.24. The van der Waals surface area contributed by atoms with Gasteiger partial charge in [-0.1, -0.05) is 50.2 Å². The Bertz CT molecular complexity index is 1300. The molecule has 2 heterocycles. The second-order valence-electron chi connectivity index (χ2n) is 7.66. The molecule has 1 amide bonds. The molecule has 0 bridgehead atoms. The van der Waals surface area contributed by atoms with E-state index in [1.165, 1.54) is 0 Å². The Labute approximate surface area is 174 Å². The normalized spacial score (nSPS) is 11.2. The molecular weight excluding hydrogens is 376 g/mol. The quantitative estimate of drug-likeness (QED) is 0.552. The Hall–Kier alpha value is -3.67. The van der Waals surface area contributed by atoms with Gasteiger partial charge in [0.25, 0.3) is 11.5 Å². The highest BCUT2D eigenvalue weighted by Gasteiger charge is 2.21. The molecule has 2 aromatic heterocycles. The Kier molecular flexibility index (Phi) is 4.99. The number of fused-ring (bicyclic) bond motifs is 1. The Morgan fingerprint density at radius 2 is 1.70 bits per heavy atom. The number of nitrogens with one attached hydrogen (secondary N) is 1. The number of amides is 1. The first-order valence-electron chi connectivity index (χ1n) is 9.93. The van der Waals surface area contributed by atoms with E-state index >= 15 is 0 Å². The van der Waals surface area contributed by atoms with Crippen molar-refractivity contribution in [3.05, 3.63) is 88.0 Å². The fourth-order valence-corrected chi connectivity index (χ4v) is 3.57. The van der Waals surface area contributed by atoms with E-state index in [0.717, 1.165) is 22.3 Å². The van der Waals surface area contributed by atoms with E-state index in [9.17, 15) is 9.59 Å². The van der Waals surface area contributed by atoms with Crippen LogP contribution in [0, 0.1) is 6.92 Å². The average molecular weight is 400 g/mol. The van der Waals surface area contributed by atoms with Gasteiger partial charge in [-0.25, -0.2) is 4.68 Å². The number of anilines is 1. The van der Waals surface area contributed by atoms with Crippen molar-refractivity contribution in [2.45, 2.75) is 26.7 Å². The van der Waals surface area contributed by atoms with Crippen molar-refractivity contribution in [2.24, 2.45) is 7.05 Å². The molecule has 0 fully saturated rings. The predicted molar refractivity (Wildman–Crippen MR) is 120 cm³/mol. The topological polar surface area (TPSA) is 68.9 Å². The maximum atomic E-state index is 13.3. The lowest BCUT2D eigenvalue weighted by Gasteiger charge is -2.11. The van der Waals surface area contributed by atoms with Crippen molar-refractivity contribution in [3.8, 4) is 5.69 Å². The van der Waals surface area contributed by atoms with Crippen LogP contribution in [0.3, 0.4) is 0 Å². The summed E-state index contributed by atoms with van der Waals surface area (Å²) in [5.41, 5.74) is 3.55. The third-order valence-electron chi connectivity index (χ3n) is 5.36. The fraction of sp³-hybridized carbons (Fsp3) is 0.208. The van der Waals surface area contributed by atoms with E-state index in [4.69, 9.17) is 0 Å². The summed E-state index contributed by atoms with van der Waals surface area (Å²) in [7, 11) is 1.80. The number of rotatable bonds is 4. The van der Waals surface area contributed by atoms with Crippen LogP contribution in [0.25, 0.3) is 16.6 Å². The SMILES string of the molecule is Cc1c(NC(=O)c2cc(C(C)C)nc3ccccc23)c(=O)n(-c2ccccc2)n1C. The summed E-state index contributed by atoms with van der Waals surface area (Å²) in [6.45, 7) is 5.90. The molecule has 0 saturated heterocycles. The number of hydrogen-bond acceptors (Lipinski definition) is 3. The second kappa shape index (κ2) is 7.63. The number of pyridine rings is 1. The summed E-state index contributed by atoms with van der Waals surface area (Å²) in [6, 6.07) is 18.7. The Morgan fingerprint density at radius 1 is 1.03 bits per heavy atom. The summed E-state index contributed by atoms with van der Waals surface area (Å²) in [5.74, 6) is -0.142. The minimum atomic E-state index is -0.318. The first-order valence-corrected chi connectivity index (χ1v) is 9.93. The molecule has 0 radical (unpaired) electrons. The van der Waals surface area contributed by atoms with Gasteiger partial charge in [0.1, 0.15) is 5.69 Å². The number of carbonyl (C=O) groups excluding carboxylic acids is 1. The van der Waals surface area contributed by atoms with Crippen LogP contribution in [-0.2, 0) is 7.05 Å². The highest BCUT2D eigenvalue weighted by molar-refractivity contribution is 6.12. The summed E-state index contributed by atoms with van der Waals surface area (Å²) in [5, 5.41) is 3.62. The molecule has 4 aromatic rings. The predicted octanol–water partition coefficient (Wildman–Crippen LogP) is 4.41. The van der Waals surface area contributed by atoms with Crippen LogP contribution in [0.1, 0.15) is 41.5 Å². The van der Waals surface area contributed by atoms with Gasteiger partial charge in [-0.05, 0) is 37.1 Å². The number of nitrogens with zero attached hydrogens (tertiary/aromatic N) is 3. The largest absolute Gasteiger partial charge is 0.316 e. The second-order valence-corrected chi connectivity index (χ2v) is 7.66. The van der Waals surface area contributed by atoms with Gasteiger partial charge in [-0.2, -0.15) is 0 Å². The Morgan fingerprint density at radius 3 is 2.40 bits per heavy atom. The zero-order valence-electron chi connectivity index (χ0n) is 17.5. The zero-order valence-corrected chi connectivity index (χ0v) is 17.5. The van der Waals surface area contributed by atoms with E-state index in [1.807, 2.05) is 81.4 Å². The van der Waals surface area contributed by atoms with Gasteiger partial charge in [0.2, 0.25) is 0 Å². The molecule has 0 unspecified atom stereocenters. The molecule has 2 aromatic carbocycles. The number of hydrogen-bond donors (Lipinski definition) is 1. The summed E-state index contributed by atoms with van der Waals surface area (Å²) in [4.78, 5) is 31.1. The van der Waals surface area contributed by atoms with Crippen molar-refractivity contribution < 1.29 is 4.79 Å². The summed E-state index contributed by atoms with van der Waals surface area (Å²) < 4.78 is 3.30. The van der Waals surface area contributed by atoms with E-state index in [-0.39, 0.29) is 23.1 Å². The Balaban J connectivity index is 1.80. The number of para-hydroxylation sites is 2. The van der Waals surface area contributed by atoms with Crippen LogP contribution >= 0.6 is 0 Å². The summed E-state index contributed by atoms with van der Waals surface area (Å²) >= 11 is 0. The first kappa shape index (κ1) is 19.6. The molecule has 0 aliphatic rings. The molecule has 6 nitrogen and oxygen atoms in total. The lowest BCUT2D eigenvalue weighted by Crippen LogP contribution is -2.23. The molecule has 6 heteroatoms. The third kappa shape index (κ3) is 3.30. The number of benzene rings is 2. The molecule has 4 rings (SSSR count). The van der Waals surface area contributed by atoms with Crippen LogP contribution < -0.4 is 10.9 Å². The minimum absolute atomic E-state index is 0.176. The van der Waals surface area contributed by atoms with Gasteiger partial charge < -0.3 is 5.32 Å². The third-order valence-corrected chi connectivity index (χ3v) is 5.36. The molecule has 0 aliphatic heterocycles. The van der Waals surface area contributed by atoms with Gasteiger partial charge in [-0.15, -0.1) is 0 Å². The van der Waals surface area contributed by atoms with Crippen LogP contribution in [0.15, 0.2) is 65.5 Å². The van der Waals surface area contributed by atoms with Crippen LogP contribution in [0.2, 0.25) is 0 Å². The smallest absolute Gasteiger partial charge is 0.295 e. The first-order chi connectivity index (χ1) is 14.4. The average Bonchev–Trinajstić information content (AvgIpc) is 2.96. The van der Waals surface area contributed by atoms with Crippen molar-refractivity contribution in [2.75, 3.05) is 5.32 Å². The maximum Gasteiger partial charge on any atom is 0.295 e. The molecule has 0 spiro atoms. The lowest BCUT2D eigenvalue weighted by molar-refractivity contribution is 0.102. The van der Waals surface area contributed by atoms with Gasteiger partial charge in [0, 0.05) is 18.1 Å². The van der Waals surface area contributed by atoms with Crippen molar-refractivity contribution >= 4 is 22.5 Å². The van der Waals surface area contributed by atoms with Crippen molar-refractivity contribution in [1.82, 2.24) is 14.3 Å². The van der Waals surface area contributed by atoms with E-state index in [1.54, 1.807) is 16.4 Å². The molecule has 0 aliphatic carbocycles. The van der Waals surface area contributed by atoms with Gasteiger partial charge >= 0.3 is 0 Å². The van der Waals surface area contributed by atoms with Crippen molar-refractivity contribution in [1.29, 1.82) is 0 Å². The van der Waals surface area contributed by atoms with E-state index in [2.05, 4.69) is 10.3 Å². The molecule has 0 atom stereocenters. The van der Waals surface area contributed by atoms with Crippen molar-refractivity contribution in [3.63, 3.8) is 0 Å². The number of carbonyl (C=O) groups is 1. The zero-order chi connectivity index (χ0) is 21.4. The van der Waals surface area contributed by atoms with Gasteiger partial charge in [-0.3, -0.25) is 19.3 Å². The fourth-order valence-electron chi connectivity index (χ4n) is 3.57. The molecule has 152 valence electrons. The standard InChI is InChI=1S/C24H24N4O2/c1-15(2)21-14-19(18-12-8-9-13-20(18)25-21)23(29)26-22-16(3)27(4)28(24(22)30)17-10-6-5-7-11-17/h5-15H,1-4H3,(H,26,29). The lowest BCUT2D eigenvalue weighted by atomic mass is 10.0. The molecule has 0 saturated carbocycles.